The van der Waals surface area contributed by atoms with Crippen LogP contribution in [0.3, 0.4) is 0 Å². The van der Waals surface area contributed by atoms with Gasteiger partial charge in [0.15, 0.2) is 0 Å². The molecule has 1 heterocycles. The van der Waals surface area contributed by atoms with E-state index in [-0.39, 0.29) is 4.99 Å². The summed E-state index contributed by atoms with van der Waals surface area (Å²) in [6.07, 6.45) is 0. The van der Waals surface area contributed by atoms with Gasteiger partial charge in [-0.3, -0.25) is 5.41 Å². The third kappa shape index (κ3) is 1.54. The van der Waals surface area contributed by atoms with Crippen LogP contribution in [-0.4, -0.2) is 4.99 Å². The van der Waals surface area contributed by atoms with Crippen LogP contribution in [0.2, 0.25) is 0 Å². The second kappa shape index (κ2) is 3.48. The van der Waals surface area contributed by atoms with E-state index >= 15 is 0 Å². The fourth-order valence-electron chi connectivity index (χ4n) is 1.26. The summed E-state index contributed by atoms with van der Waals surface area (Å²) in [5.74, 6) is 0. The van der Waals surface area contributed by atoms with E-state index in [0.717, 1.165) is 10.1 Å². The maximum atomic E-state index is 7.73. The molecule has 0 amide bonds. The highest BCUT2D eigenvalue weighted by atomic mass is 32.1. The SMILES string of the molecule is N=c1sc2ccccc2cc1C(N)=S. The molecule has 0 fully saturated rings. The number of nitrogens with two attached hydrogens (primary N) is 1. The quantitative estimate of drug-likeness (QED) is 0.722. The predicted molar refractivity (Wildman–Crippen MR) is 63.6 cm³/mol. The molecule has 0 bridgehead atoms. The highest BCUT2D eigenvalue weighted by molar-refractivity contribution is 7.80. The van der Waals surface area contributed by atoms with Crippen molar-refractivity contribution in [2.45, 2.75) is 0 Å². The minimum atomic E-state index is 0.289. The normalized spacial score (nSPS) is 10.3. The van der Waals surface area contributed by atoms with Crippen molar-refractivity contribution in [2.24, 2.45) is 5.73 Å². The molecule has 0 atom stereocenters. The Bertz CT molecular complexity index is 557. The van der Waals surface area contributed by atoms with E-state index in [2.05, 4.69) is 0 Å². The summed E-state index contributed by atoms with van der Waals surface area (Å²) in [7, 11) is 0. The van der Waals surface area contributed by atoms with Gasteiger partial charge in [0, 0.05) is 10.3 Å². The van der Waals surface area contributed by atoms with Crippen LogP contribution in [0.15, 0.2) is 30.3 Å². The van der Waals surface area contributed by atoms with E-state index in [0.29, 0.717) is 10.2 Å². The number of rotatable bonds is 1. The zero-order valence-corrected chi connectivity index (χ0v) is 8.91. The van der Waals surface area contributed by atoms with E-state index < -0.39 is 0 Å². The third-order valence-corrected chi connectivity index (χ3v) is 3.18. The van der Waals surface area contributed by atoms with Crippen LogP contribution in [-0.2, 0) is 0 Å². The standard InChI is InChI=1S/C10H8N2S2/c11-9(13)7-5-6-3-1-2-4-8(6)14-10(7)12/h1-5,12H,(H2,11,13). The van der Waals surface area contributed by atoms with Gasteiger partial charge in [-0.2, -0.15) is 0 Å². The first-order chi connectivity index (χ1) is 6.68. The summed E-state index contributed by atoms with van der Waals surface area (Å²) < 4.78 is 1.51. The van der Waals surface area contributed by atoms with Gasteiger partial charge in [0.05, 0.1) is 0 Å². The largest absolute Gasteiger partial charge is 0.389 e. The van der Waals surface area contributed by atoms with Gasteiger partial charge in [-0.15, -0.1) is 11.3 Å². The predicted octanol–water partition coefficient (Wildman–Crippen LogP) is 2.01. The number of hydrogen-bond acceptors (Lipinski definition) is 3. The molecule has 14 heavy (non-hydrogen) atoms. The maximum absolute atomic E-state index is 7.73. The molecule has 0 radical (unpaired) electrons. The van der Waals surface area contributed by atoms with E-state index in [1.165, 1.54) is 11.3 Å². The van der Waals surface area contributed by atoms with Crippen molar-refractivity contribution in [3.63, 3.8) is 0 Å². The van der Waals surface area contributed by atoms with Gasteiger partial charge in [-0.25, -0.2) is 0 Å². The number of hydrogen-bond donors (Lipinski definition) is 2. The number of benzene rings is 1. The highest BCUT2D eigenvalue weighted by Gasteiger charge is 2.02. The van der Waals surface area contributed by atoms with Crippen LogP contribution in [0.1, 0.15) is 5.56 Å². The van der Waals surface area contributed by atoms with Gasteiger partial charge < -0.3 is 5.73 Å². The lowest BCUT2D eigenvalue weighted by atomic mass is 10.2. The Kier molecular flexibility index (Phi) is 2.31. The van der Waals surface area contributed by atoms with Crippen molar-refractivity contribution in [3.05, 3.63) is 40.6 Å². The third-order valence-electron chi connectivity index (χ3n) is 1.94. The molecule has 3 N–H and O–H groups in total. The molecule has 0 spiro atoms. The van der Waals surface area contributed by atoms with Gasteiger partial charge >= 0.3 is 0 Å². The van der Waals surface area contributed by atoms with Crippen molar-refractivity contribution in [1.82, 2.24) is 0 Å². The summed E-state index contributed by atoms with van der Waals surface area (Å²) >= 11 is 6.27. The minimum absolute atomic E-state index is 0.289. The van der Waals surface area contributed by atoms with Crippen molar-refractivity contribution in [3.8, 4) is 0 Å². The molecule has 1 aromatic carbocycles. The number of nitrogens with one attached hydrogen (secondary N) is 1. The molecule has 0 saturated carbocycles. The molecule has 2 nitrogen and oxygen atoms in total. The Balaban J connectivity index is 2.84. The Labute approximate surface area is 90.5 Å². The molecule has 0 unspecified atom stereocenters. The van der Waals surface area contributed by atoms with Crippen molar-refractivity contribution >= 4 is 38.6 Å². The molecular weight excluding hydrogens is 212 g/mol. The van der Waals surface area contributed by atoms with Gasteiger partial charge in [0.25, 0.3) is 0 Å². The van der Waals surface area contributed by atoms with Crippen molar-refractivity contribution in [1.29, 1.82) is 5.41 Å². The molecule has 1 aromatic heterocycles. The fraction of sp³-hybridized carbons (Fsp3) is 0. The Hall–Kier alpha value is -1.26. The first-order valence-electron chi connectivity index (χ1n) is 4.06. The van der Waals surface area contributed by atoms with Crippen molar-refractivity contribution < 1.29 is 0 Å². The molecular formula is C10H8N2S2. The van der Waals surface area contributed by atoms with Gasteiger partial charge in [-0.05, 0) is 17.5 Å². The lowest BCUT2D eigenvalue weighted by molar-refractivity contribution is 1.33. The maximum Gasteiger partial charge on any atom is 0.118 e. The summed E-state index contributed by atoms with van der Waals surface area (Å²) in [5.41, 5.74) is 6.18. The van der Waals surface area contributed by atoms with E-state index in [9.17, 15) is 0 Å². The van der Waals surface area contributed by atoms with Crippen LogP contribution < -0.4 is 10.4 Å². The molecule has 0 aliphatic heterocycles. The molecule has 0 aliphatic carbocycles. The molecule has 0 saturated heterocycles. The van der Waals surface area contributed by atoms with Crippen LogP contribution >= 0.6 is 23.6 Å². The summed E-state index contributed by atoms with van der Waals surface area (Å²) in [6.45, 7) is 0. The van der Waals surface area contributed by atoms with Gasteiger partial charge in [0.2, 0.25) is 0 Å². The fourth-order valence-corrected chi connectivity index (χ4v) is 2.38. The zero-order valence-electron chi connectivity index (χ0n) is 7.28. The first kappa shape index (κ1) is 9.30. The van der Waals surface area contributed by atoms with E-state index in [1.807, 2.05) is 30.3 Å². The monoisotopic (exact) mass is 220 g/mol. The van der Waals surface area contributed by atoms with Crippen LogP contribution in [0.25, 0.3) is 10.1 Å². The molecule has 4 heteroatoms. The number of fused-ring (bicyclic) bond motifs is 1. The van der Waals surface area contributed by atoms with Crippen LogP contribution in [0, 0.1) is 5.41 Å². The Morgan fingerprint density at radius 3 is 2.79 bits per heavy atom. The first-order valence-corrected chi connectivity index (χ1v) is 5.28. The molecule has 0 aliphatic rings. The summed E-state index contributed by atoms with van der Waals surface area (Å²) in [5, 5.41) is 8.81. The van der Waals surface area contributed by atoms with E-state index in [4.69, 9.17) is 23.4 Å². The van der Waals surface area contributed by atoms with Gasteiger partial charge in [-0.1, -0.05) is 30.4 Å². The van der Waals surface area contributed by atoms with E-state index in [1.54, 1.807) is 0 Å². The second-order valence-electron chi connectivity index (χ2n) is 2.89. The smallest absolute Gasteiger partial charge is 0.118 e. The number of thiocarbonyl (C=S) groups is 1. The summed E-state index contributed by atoms with van der Waals surface area (Å²) in [4.78, 5) is 0.289. The lowest BCUT2D eigenvalue weighted by Crippen LogP contribution is -2.18. The lowest BCUT2D eigenvalue weighted by Gasteiger charge is -2.00. The van der Waals surface area contributed by atoms with Crippen molar-refractivity contribution in [2.75, 3.05) is 0 Å². The Morgan fingerprint density at radius 2 is 2.07 bits per heavy atom. The Morgan fingerprint density at radius 1 is 1.36 bits per heavy atom. The molecule has 2 aromatic rings. The minimum Gasteiger partial charge on any atom is -0.389 e. The van der Waals surface area contributed by atoms with Gasteiger partial charge in [0.1, 0.15) is 9.66 Å². The average molecular weight is 220 g/mol. The molecule has 70 valence electrons. The molecule has 2 rings (SSSR count). The zero-order chi connectivity index (χ0) is 10.1. The second-order valence-corrected chi connectivity index (χ2v) is 4.38. The highest BCUT2D eigenvalue weighted by Crippen LogP contribution is 2.16. The van der Waals surface area contributed by atoms with Crippen LogP contribution in [0.4, 0.5) is 0 Å². The topological polar surface area (TPSA) is 49.9 Å². The van der Waals surface area contributed by atoms with Crippen LogP contribution in [0.5, 0.6) is 0 Å². The average Bonchev–Trinajstić information content (AvgIpc) is 2.16. The summed E-state index contributed by atoms with van der Waals surface area (Å²) in [6, 6.07) is 9.77.